The summed E-state index contributed by atoms with van der Waals surface area (Å²) in [6, 6.07) is 0.614. The lowest BCUT2D eigenvalue weighted by atomic mass is 10.1. The molecular formula is C11H24N2. The third-order valence-electron chi connectivity index (χ3n) is 2.75. The summed E-state index contributed by atoms with van der Waals surface area (Å²) in [5.74, 6) is 1.92. The molecule has 1 atom stereocenters. The summed E-state index contributed by atoms with van der Waals surface area (Å²) in [7, 11) is 0. The van der Waals surface area contributed by atoms with E-state index >= 15 is 0 Å². The maximum atomic E-state index is 3.50. The first-order valence-electron chi connectivity index (χ1n) is 5.64. The van der Waals surface area contributed by atoms with E-state index in [0.717, 1.165) is 24.9 Å². The molecule has 0 radical (unpaired) electrons. The van der Waals surface area contributed by atoms with Crippen molar-refractivity contribution in [2.45, 2.75) is 39.7 Å². The van der Waals surface area contributed by atoms with Gasteiger partial charge in [0.15, 0.2) is 0 Å². The van der Waals surface area contributed by atoms with Crippen LogP contribution in [0.3, 0.4) is 0 Å². The van der Waals surface area contributed by atoms with Gasteiger partial charge >= 0.3 is 0 Å². The van der Waals surface area contributed by atoms with Gasteiger partial charge < -0.3 is 10.6 Å². The molecule has 13 heavy (non-hydrogen) atoms. The van der Waals surface area contributed by atoms with Crippen molar-refractivity contribution in [1.29, 1.82) is 0 Å². The van der Waals surface area contributed by atoms with E-state index in [0.29, 0.717) is 6.04 Å². The summed E-state index contributed by atoms with van der Waals surface area (Å²) in [4.78, 5) is 0. The molecule has 1 rings (SSSR count). The van der Waals surface area contributed by atoms with Gasteiger partial charge in [0, 0.05) is 19.1 Å². The molecule has 1 aliphatic carbocycles. The highest BCUT2D eigenvalue weighted by Crippen LogP contribution is 2.35. The number of nitrogens with one attached hydrogen (secondary N) is 2. The smallest absolute Gasteiger partial charge is 0.00790 e. The van der Waals surface area contributed by atoms with Crippen LogP contribution < -0.4 is 10.6 Å². The average molecular weight is 184 g/mol. The lowest BCUT2D eigenvalue weighted by Crippen LogP contribution is -2.33. The fraction of sp³-hybridized carbons (Fsp3) is 1.00. The summed E-state index contributed by atoms with van der Waals surface area (Å²) < 4.78 is 0. The van der Waals surface area contributed by atoms with Crippen molar-refractivity contribution in [3.63, 3.8) is 0 Å². The molecule has 78 valence electrons. The van der Waals surface area contributed by atoms with Crippen LogP contribution in [-0.2, 0) is 0 Å². The van der Waals surface area contributed by atoms with Gasteiger partial charge in [-0.25, -0.2) is 0 Å². The van der Waals surface area contributed by atoms with Crippen molar-refractivity contribution < 1.29 is 0 Å². The highest BCUT2D eigenvalue weighted by Gasteiger charge is 2.27. The predicted molar refractivity (Wildman–Crippen MR) is 57.9 cm³/mol. The zero-order valence-electron chi connectivity index (χ0n) is 9.27. The second kappa shape index (κ2) is 5.61. The Labute approximate surface area is 82.5 Å². The Bertz CT molecular complexity index is 130. The van der Waals surface area contributed by atoms with Crippen molar-refractivity contribution in [3.05, 3.63) is 0 Å². The maximum Gasteiger partial charge on any atom is 0.00790 e. The molecule has 0 spiro atoms. The molecule has 0 aromatic rings. The minimum Gasteiger partial charge on any atom is -0.315 e. The lowest BCUT2D eigenvalue weighted by molar-refractivity contribution is 0.453. The highest BCUT2D eigenvalue weighted by molar-refractivity contribution is 4.79. The van der Waals surface area contributed by atoms with Gasteiger partial charge in [-0.1, -0.05) is 20.8 Å². The fourth-order valence-electron chi connectivity index (χ4n) is 1.61. The van der Waals surface area contributed by atoms with Gasteiger partial charge in [-0.3, -0.25) is 0 Å². The van der Waals surface area contributed by atoms with Gasteiger partial charge in [0.05, 0.1) is 0 Å². The molecule has 1 saturated carbocycles. The van der Waals surface area contributed by atoms with Crippen molar-refractivity contribution >= 4 is 0 Å². The van der Waals surface area contributed by atoms with Crippen molar-refractivity contribution in [2.24, 2.45) is 11.8 Å². The highest BCUT2D eigenvalue weighted by atomic mass is 15.0. The van der Waals surface area contributed by atoms with Crippen LogP contribution in [0.15, 0.2) is 0 Å². The van der Waals surface area contributed by atoms with Crippen LogP contribution in [0.4, 0.5) is 0 Å². The zero-order chi connectivity index (χ0) is 9.68. The first-order valence-corrected chi connectivity index (χ1v) is 5.64. The van der Waals surface area contributed by atoms with E-state index in [1.807, 2.05) is 0 Å². The predicted octanol–water partition coefficient (Wildman–Crippen LogP) is 1.62. The van der Waals surface area contributed by atoms with E-state index in [2.05, 4.69) is 31.4 Å². The van der Waals surface area contributed by atoms with E-state index < -0.39 is 0 Å². The molecule has 0 amide bonds. The van der Waals surface area contributed by atoms with Crippen molar-refractivity contribution in [3.8, 4) is 0 Å². The average Bonchev–Trinajstić information content (AvgIpc) is 2.85. The Kier molecular flexibility index (Phi) is 4.74. The Morgan fingerprint density at radius 2 is 1.85 bits per heavy atom. The fourth-order valence-corrected chi connectivity index (χ4v) is 1.61. The van der Waals surface area contributed by atoms with Crippen molar-refractivity contribution in [2.75, 3.05) is 19.6 Å². The second-order valence-corrected chi connectivity index (χ2v) is 4.63. The molecule has 0 saturated heterocycles. The quantitative estimate of drug-likeness (QED) is 0.588. The van der Waals surface area contributed by atoms with E-state index in [1.54, 1.807) is 0 Å². The normalized spacial score (nSPS) is 19.4. The van der Waals surface area contributed by atoms with Crippen LogP contribution in [0.25, 0.3) is 0 Å². The van der Waals surface area contributed by atoms with E-state index in [9.17, 15) is 0 Å². The molecule has 2 N–H and O–H groups in total. The van der Waals surface area contributed by atoms with E-state index in [1.165, 1.54) is 19.4 Å². The van der Waals surface area contributed by atoms with E-state index in [4.69, 9.17) is 0 Å². The van der Waals surface area contributed by atoms with Gasteiger partial charge in [0.2, 0.25) is 0 Å². The molecule has 2 nitrogen and oxygen atoms in total. The van der Waals surface area contributed by atoms with Crippen LogP contribution in [0.2, 0.25) is 0 Å². The second-order valence-electron chi connectivity index (χ2n) is 4.63. The molecular weight excluding hydrogens is 160 g/mol. The summed E-state index contributed by atoms with van der Waals surface area (Å²) in [6.07, 6.45) is 2.93. The Morgan fingerprint density at radius 3 is 2.38 bits per heavy atom. The first kappa shape index (κ1) is 11.0. The third-order valence-corrected chi connectivity index (χ3v) is 2.75. The summed E-state index contributed by atoms with van der Waals surface area (Å²) in [6.45, 7) is 10.1. The summed E-state index contributed by atoms with van der Waals surface area (Å²) >= 11 is 0. The lowest BCUT2D eigenvalue weighted by Gasteiger charge is -2.12. The van der Waals surface area contributed by atoms with Gasteiger partial charge in [-0.05, 0) is 31.2 Å². The SMILES string of the molecule is CC(C)NCCNCC(C)C1CC1. The standard InChI is InChI=1S/C11H24N2/c1-9(2)13-7-6-12-8-10(3)11-4-5-11/h9-13H,4-8H2,1-3H3. The topological polar surface area (TPSA) is 24.1 Å². The molecule has 0 heterocycles. The molecule has 0 aromatic heterocycles. The molecule has 0 aromatic carbocycles. The minimum atomic E-state index is 0.614. The summed E-state index contributed by atoms with van der Waals surface area (Å²) in [5, 5.41) is 6.90. The van der Waals surface area contributed by atoms with Crippen LogP contribution in [-0.4, -0.2) is 25.7 Å². The molecule has 2 heteroatoms. The monoisotopic (exact) mass is 184 g/mol. The molecule has 0 bridgehead atoms. The largest absolute Gasteiger partial charge is 0.315 e. The van der Waals surface area contributed by atoms with Crippen LogP contribution >= 0.6 is 0 Å². The van der Waals surface area contributed by atoms with Gasteiger partial charge in [0.25, 0.3) is 0 Å². The van der Waals surface area contributed by atoms with Crippen LogP contribution in [0.1, 0.15) is 33.6 Å². The summed E-state index contributed by atoms with van der Waals surface area (Å²) in [5.41, 5.74) is 0. The Balaban J connectivity index is 1.83. The van der Waals surface area contributed by atoms with Crippen molar-refractivity contribution in [1.82, 2.24) is 10.6 Å². The Hall–Kier alpha value is -0.0800. The first-order chi connectivity index (χ1) is 6.20. The number of rotatable bonds is 7. The van der Waals surface area contributed by atoms with Crippen LogP contribution in [0, 0.1) is 11.8 Å². The maximum absolute atomic E-state index is 3.50. The number of hydrogen-bond donors (Lipinski definition) is 2. The van der Waals surface area contributed by atoms with Crippen LogP contribution in [0.5, 0.6) is 0 Å². The number of hydrogen-bond acceptors (Lipinski definition) is 2. The molecule has 1 aliphatic rings. The van der Waals surface area contributed by atoms with E-state index in [-0.39, 0.29) is 0 Å². The molecule has 0 aliphatic heterocycles. The zero-order valence-corrected chi connectivity index (χ0v) is 9.27. The molecule has 1 fully saturated rings. The third kappa shape index (κ3) is 5.27. The molecule has 1 unspecified atom stereocenters. The minimum absolute atomic E-state index is 0.614. The van der Waals surface area contributed by atoms with Gasteiger partial charge in [0.1, 0.15) is 0 Å². The van der Waals surface area contributed by atoms with Gasteiger partial charge in [-0.2, -0.15) is 0 Å². The van der Waals surface area contributed by atoms with Gasteiger partial charge in [-0.15, -0.1) is 0 Å². The Morgan fingerprint density at radius 1 is 1.15 bits per heavy atom.